The molecule has 1 aromatic rings. The summed E-state index contributed by atoms with van der Waals surface area (Å²) < 4.78 is 16.8. The Labute approximate surface area is 205 Å². The van der Waals surface area contributed by atoms with Crippen LogP contribution in [-0.4, -0.2) is 77.1 Å². The largest absolute Gasteiger partial charge is 0.492 e. The van der Waals surface area contributed by atoms with Crippen molar-refractivity contribution in [2.75, 3.05) is 60.2 Å². The highest BCUT2D eigenvalue weighted by molar-refractivity contribution is 14.0. The molecule has 0 aromatic heterocycles. The standard InChI is InChI=1S/C23H40N4O3.HI/c1-4-28-14-6-5-12-25-23(24-2)26-19-20-8-7-9-22(18-20)30-17-13-27(3)21-10-15-29-16-11-21;/h7-9,18,21H,4-6,10-17,19H2,1-3H3,(H2,24,25,26);1H. The van der Waals surface area contributed by atoms with Gasteiger partial charge in [-0.15, -0.1) is 24.0 Å². The van der Waals surface area contributed by atoms with E-state index in [9.17, 15) is 0 Å². The zero-order valence-corrected chi connectivity index (χ0v) is 21.7. The maximum atomic E-state index is 5.99. The average Bonchev–Trinajstić information content (AvgIpc) is 2.79. The summed E-state index contributed by atoms with van der Waals surface area (Å²) in [5.74, 6) is 1.73. The van der Waals surface area contributed by atoms with Gasteiger partial charge in [0, 0.05) is 59.2 Å². The Morgan fingerprint density at radius 1 is 1.19 bits per heavy atom. The highest BCUT2D eigenvalue weighted by atomic mass is 127. The van der Waals surface area contributed by atoms with Crippen molar-refractivity contribution in [2.24, 2.45) is 4.99 Å². The van der Waals surface area contributed by atoms with E-state index in [1.165, 1.54) is 5.56 Å². The smallest absolute Gasteiger partial charge is 0.191 e. The molecule has 1 saturated heterocycles. The van der Waals surface area contributed by atoms with Crippen LogP contribution in [-0.2, 0) is 16.0 Å². The summed E-state index contributed by atoms with van der Waals surface area (Å²) in [5, 5.41) is 6.71. The van der Waals surface area contributed by atoms with Crippen LogP contribution in [0.2, 0.25) is 0 Å². The molecule has 1 aliphatic rings. The lowest BCUT2D eigenvalue weighted by Gasteiger charge is -2.31. The van der Waals surface area contributed by atoms with Gasteiger partial charge in [0.05, 0.1) is 0 Å². The normalized spacial score (nSPS) is 14.9. The molecule has 0 bridgehead atoms. The lowest BCUT2D eigenvalue weighted by atomic mass is 10.1. The summed E-state index contributed by atoms with van der Waals surface area (Å²) in [6, 6.07) is 8.86. The number of rotatable bonds is 13. The highest BCUT2D eigenvalue weighted by Gasteiger charge is 2.17. The Morgan fingerprint density at radius 2 is 2.00 bits per heavy atom. The van der Waals surface area contributed by atoms with Crippen LogP contribution in [0.3, 0.4) is 0 Å². The van der Waals surface area contributed by atoms with E-state index >= 15 is 0 Å². The summed E-state index contributed by atoms with van der Waals surface area (Å²) in [6.07, 6.45) is 4.34. The summed E-state index contributed by atoms with van der Waals surface area (Å²) >= 11 is 0. The van der Waals surface area contributed by atoms with Crippen LogP contribution in [0.4, 0.5) is 0 Å². The van der Waals surface area contributed by atoms with Crippen molar-refractivity contribution < 1.29 is 14.2 Å². The van der Waals surface area contributed by atoms with Crippen LogP contribution >= 0.6 is 24.0 Å². The molecule has 0 amide bonds. The van der Waals surface area contributed by atoms with Gasteiger partial charge in [0.2, 0.25) is 0 Å². The molecule has 31 heavy (non-hydrogen) atoms. The number of hydrogen-bond acceptors (Lipinski definition) is 5. The fraction of sp³-hybridized carbons (Fsp3) is 0.696. The molecule has 0 saturated carbocycles. The average molecular weight is 549 g/mol. The molecule has 2 rings (SSSR count). The van der Waals surface area contributed by atoms with Crippen LogP contribution in [0.25, 0.3) is 0 Å². The van der Waals surface area contributed by atoms with E-state index in [-0.39, 0.29) is 24.0 Å². The van der Waals surface area contributed by atoms with Crippen molar-refractivity contribution >= 4 is 29.9 Å². The maximum absolute atomic E-state index is 5.99. The van der Waals surface area contributed by atoms with E-state index in [1.54, 1.807) is 7.05 Å². The fourth-order valence-corrected chi connectivity index (χ4v) is 3.45. The highest BCUT2D eigenvalue weighted by Crippen LogP contribution is 2.15. The zero-order chi connectivity index (χ0) is 21.4. The first-order valence-electron chi connectivity index (χ1n) is 11.2. The second kappa shape index (κ2) is 17.5. The molecule has 1 heterocycles. The first kappa shape index (κ1) is 27.9. The van der Waals surface area contributed by atoms with Crippen molar-refractivity contribution in [1.82, 2.24) is 15.5 Å². The number of aliphatic imine (C=N–C) groups is 1. The lowest BCUT2D eigenvalue weighted by molar-refractivity contribution is 0.0392. The number of benzene rings is 1. The predicted molar refractivity (Wildman–Crippen MR) is 138 cm³/mol. The Hall–Kier alpha value is -1.10. The van der Waals surface area contributed by atoms with Crippen LogP contribution in [0.5, 0.6) is 5.75 Å². The Morgan fingerprint density at radius 3 is 2.74 bits per heavy atom. The Kier molecular flexibility index (Phi) is 15.7. The third-order valence-electron chi connectivity index (χ3n) is 5.32. The van der Waals surface area contributed by atoms with Crippen LogP contribution in [0.1, 0.15) is 38.2 Å². The molecule has 1 aliphatic heterocycles. The second-order valence-electron chi connectivity index (χ2n) is 7.58. The SMILES string of the molecule is CCOCCCCNC(=NC)NCc1cccc(OCCN(C)C2CCOCC2)c1.I. The maximum Gasteiger partial charge on any atom is 0.191 e. The third-order valence-corrected chi connectivity index (χ3v) is 5.32. The second-order valence-corrected chi connectivity index (χ2v) is 7.58. The number of likely N-dealkylation sites (N-methyl/N-ethyl adjacent to an activating group) is 1. The quantitative estimate of drug-likeness (QED) is 0.171. The monoisotopic (exact) mass is 548 g/mol. The first-order valence-corrected chi connectivity index (χ1v) is 11.2. The van der Waals surface area contributed by atoms with Gasteiger partial charge in [-0.05, 0) is 57.4 Å². The lowest BCUT2D eigenvalue weighted by Crippen LogP contribution is -2.38. The van der Waals surface area contributed by atoms with Gasteiger partial charge in [-0.2, -0.15) is 0 Å². The predicted octanol–water partition coefficient (Wildman–Crippen LogP) is 3.28. The number of unbranched alkanes of at least 4 members (excludes halogenated alkanes) is 1. The zero-order valence-electron chi connectivity index (χ0n) is 19.4. The molecule has 0 radical (unpaired) electrons. The van der Waals surface area contributed by atoms with Crippen molar-refractivity contribution in [3.63, 3.8) is 0 Å². The number of nitrogens with one attached hydrogen (secondary N) is 2. The van der Waals surface area contributed by atoms with Crippen molar-refractivity contribution in [2.45, 2.75) is 45.2 Å². The minimum atomic E-state index is 0. The van der Waals surface area contributed by atoms with Gasteiger partial charge in [-0.3, -0.25) is 9.89 Å². The van der Waals surface area contributed by atoms with E-state index < -0.39 is 0 Å². The van der Waals surface area contributed by atoms with Crippen molar-refractivity contribution in [3.8, 4) is 5.75 Å². The van der Waals surface area contributed by atoms with E-state index in [0.29, 0.717) is 19.2 Å². The Balaban J connectivity index is 0.00000480. The molecule has 2 N–H and O–H groups in total. The number of guanidine groups is 1. The summed E-state index contributed by atoms with van der Waals surface area (Å²) in [7, 11) is 3.97. The molecule has 0 atom stereocenters. The van der Waals surface area contributed by atoms with Gasteiger partial charge >= 0.3 is 0 Å². The summed E-state index contributed by atoms with van der Waals surface area (Å²) in [4.78, 5) is 6.68. The molecule has 1 aromatic carbocycles. The van der Waals surface area contributed by atoms with E-state index in [2.05, 4.69) is 39.7 Å². The van der Waals surface area contributed by atoms with Crippen molar-refractivity contribution in [1.29, 1.82) is 0 Å². The third kappa shape index (κ3) is 11.9. The van der Waals surface area contributed by atoms with Crippen LogP contribution in [0.15, 0.2) is 29.3 Å². The molecule has 0 aliphatic carbocycles. The minimum Gasteiger partial charge on any atom is -0.492 e. The van der Waals surface area contributed by atoms with E-state index in [4.69, 9.17) is 14.2 Å². The van der Waals surface area contributed by atoms with E-state index in [1.807, 2.05) is 19.1 Å². The minimum absolute atomic E-state index is 0. The molecule has 1 fully saturated rings. The van der Waals surface area contributed by atoms with Crippen LogP contribution in [0, 0.1) is 0 Å². The molecule has 0 unspecified atom stereocenters. The van der Waals surface area contributed by atoms with Gasteiger partial charge in [0.15, 0.2) is 5.96 Å². The summed E-state index contributed by atoms with van der Waals surface area (Å²) in [6.45, 7) is 8.58. The number of ether oxygens (including phenoxy) is 3. The number of nitrogens with zero attached hydrogens (tertiary/aromatic N) is 2. The molecule has 8 heteroatoms. The van der Waals surface area contributed by atoms with Crippen molar-refractivity contribution in [3.05, 3.63) is 29.8 Å². The Bertz CT molecular complexity index is 612. The number of hydrogen-bond donors (Lipinski definition) is 2. The molecular weight excluding hydrogens is 507 g/mol. The van der Waals surface area contributed by atoms with Gasteiger partial charge < -0.3 is 24.8 Å². The van der Waals surface area contributed by atoms with E-state index in [0.717, 1.165) is 76.9 Å². The van der Waals surface area contributed by atoms with Gasteiger partial charge in [0.25, 0.3) is 0 Å². The summed E-state index contributed by atoms with van der Waals surface area (Å²) in [5.41, 5.74) is 1.17. The van der Waals surface area contributed by atoms with Gasteiger partial charge in [0.1, 0.15) is 12.4 Å². The van der Waals surface area contributed by atoms with Crippen LogP contribution < -0.4 is 15.4 Å². The van der Waals surface area contributed by atoms with Gasteiger partial charge in [-0.25, -0.2) is 0 Å². The van der Waals surface area contributed by atoms with Gasteiger partial charge in [-0.1, -0.05) is 12.1 Å². The molecule has 7 nitrogen and oxygen atoms in total. The molecule has 0 spiro atoms. The molecular formula is C23H41IN4O3. The molecule has 178 valence electrons. The number of halogens is 1. The fourth-order valence-electron chi connectivity index (χ4n) is 3.45. The first-order chi connectivity index (χ1) is 14.7. The topological polar surface area (TPSA) is 67.3 Å².